The van der Waals surface area contributed by atoms with Gasteiger partial charge in [0.05, 0.1) is 13.2 Å². The molecule has 1 aliphatic heterocycles. The fourth-order valence-electron chi connectivity index (χ4n) is 2.04. The maximum Gasteiger partial charge on any atom is 0.273 e. The number of rotatable bonds is 3. The third kappa shape index (κ3) is 3.34. The number of carbonyl (C=O) groups excluding carboxylic acids is 2. The van der Waals surface area contributed by atoms with Crippen molar-refractivity contribution in [1.82, 2.24) is 15.2 Å². The highest BCUT2D eigenvalue weighted by Gasteiger charge is 2.33. The average molecular weight is 308 g/mol. The molecule has 0 saturated carbocycles. The van der Waals surface area contributed by atoms with Crippen LogP contribution in [0.5, 0.6) is 0 Å². The van der Waals surface area contributed by atoms with Crippen LogP contribution in [0.2, 0.25) is 0 Å². The molecule has 8 heteroatoms. The third-order valence-electron chi connectivity index (χ3n) is 3.21. The molecule has 7 nitrogen and oxygen atoms in total. The van der Waals surface area contributed by atoms with E-state index in [0.29, 0.717) is 18.7 Å². The van der Waals surface area contributed by atoms with Crippen LogP contribution < -0.4 is 11.1 Å². The monoisotopic (exact) mass is 308 g/mol. The van der Waals surface area contributed by atoms with Crippen molar-refractivity contribution in [2.45, 2.75) is 6.04 Å². The van der Waals surface area contributed by atoms with Crippen LogP contribution in [0.3, 0.4) is 0 Å². The van der Waals surface area contributed by atoms with E-state index in [1.807, 2.05) is 0 Å². The lowest BCUT2D eigenvalue weighted by atomic mass is 10.1. The van der Waals surface area contributed by atoms with Crippen LogP contribution >= 0.6 is 12.2 Å². The zero-order chi connectivity index (χ0) is 15.4. The molecule has 21 heavy (non-hydrogen) atoms. The van der Waals surface area contributed by atoms with Crippen LogP contribution in [0.4, 0.5) is 0 Å². The number of nitrogens with two attached hydrogens (primary N) is 1. The third-order valence-corrected chi connectivity index (χ3v) is 3.44. The van der Waals surface area contributed by atoms with Crippen molar-refractivity contribution in [3.05, 3.63) is 29.6 Å². The number of nitrogens with one attached hydrogen (secondary N) is 1. The van der Waals surface area contributed by atoms with Crippen LogP contribution in [0.1, 0.15) is 16.1 Å². The van der Waals surface area contributed by atoms with Crippen LogP contribution in [-0.2, 0) is 9.53 Å². The number of ether oxygens (including phenoxy) is 1. The molecule has 112 valence electrons. The van der Waals surface area contributed by atoms with Gasteiger partial charge in [0, 0.05) is 25.4 Å². The van der Waals surface area contributed by atoms with E-state index in [4.69, 9.17) is 22.7 Å². The number of carbonyl (C=O) groups is 2. The summed E-state index contributed by atoms with van der Waals surface area (Å²) in [4.78, 5) is 30.0. The summed E-state index contributed by atoms with van der Waals surface area (Å²) in [5.74, 6) is -0.579. The van der Waals surface area contributed by atoms with Crippen molar-refractivity contribution < 1.29 is 14.3 Å². The van der Waals surface area contributed by atoms with Crippen LogP contribution in [0.25, 0.3) is 0 Å². The molecule has 1 aromatic heterocycles. The Balaban J connectivity index is 2.20. The fraction of sp³-hybridized carbons (Fsp3) is 0.385. The Morgan fingerprint density at radius 1 is 1.52 bits per heavy atom. The van der Waals surface area contributed by atoms with E-state index in [1.54, 1.807) is 12.1 Å². The number of hydrogen-bond donors (Lipinski definition) is 2. The van der Waals surface area contributed by atoms with Crippen LogP contribution in [-0.4, -0.2) is 59.5 Å². The number of amides is 2. The lowest BCUT2D eigenvalue weighted by molar-refractivity contribution is -0.130. The number of nitrogens with zero attached hydrogens (tertiary/aromatic N) is 2. The second-order valence-corrected chi connectivity index (χ2v) is 4.94. The predicted octanol–water partition coefficient (Wildman–Crippen LogP) is -0.697. The number of pyridine rings is 1. The predicted molar refractivity (Wildman–Crippen MR) is 79.8 cm³/mol. The average Bonchev–Trinajstić information content (AvgIpc) is 2.53. The molecule has 1 atom stereocenters. The molecule has 1 saturated heterocycles. The van der Waals surface area contributed by atoms with E-state index in [2.05, 4.69) is 10.3 Å². The fourth-order valence-corrected chi connectivity index (χ4v) is 2.16. The molecule has 1 aromatic rings. The second-order valence-electron chi connectivity index (χ2n) is 4.50. The molecule has 0 spiro atoms. The molecule has 3 N–H and O–H groups in total. The van der Waals surface area contributed by atoms with E-state index in [1.165, 1.54) is 18.1 Å². The molecule has 0 aliphatic carbocycles. The van der Waals surface area contributed by atoms with Crippen molar-refractivity contribution >= 4 is 29.0 Å². The van der Waals surface area contributed by atoms with Gasteiger partial charge in [0.15, 0.2) is 0 Å². The highest BCUT2D eigenvalue weighted by Crippen LogP contribution is 2.12. The first kappa shape index (κ1) is 15.3. The molecular weight excluding hydrogens is 292 g/mol. The molecule has 0 bridgehead atoms. The number of aromatic nitrogens is 1. The van der Waals surface area contributed by atoms with E-state index in [0.717, 1.165) is 0 Å². The van der Waals surface area contributed by atoms with Crippen molar-refractivity contribution in [3.63, 3.8) is 0 Å². The molecule has 0 radical (unpaired) electrons. The first-order valence-corrected chi connectivity index (χ1v) is 6.81. The summed E-state index contributed by atoms with van der Waals surface area (Å²) in [5, 5.41) is 2.53. The van der Waals surface area contributed by atoms with E-state index >= 15 is 0 Å². The Hall–Kier alpha value is -2.06. The Kier molecular flexibility index (Phi) is 4.81. The van der Waals surface area contributed by atoms with Gasteiger partial charge in [0.25, 0.3) is 5.91 Å². The largest absolute Gasteiger partial charge is 0.389 e. The van der Waals surface area contributed by atoms with Crippen molar-refractivity contribution in [2.75, 3.05) is 26.8 Å². The maximum absolute atomic E-state index is 12.5. The highest BCUT2D eigenvalue weighted by molar-refractivity contribution is 7.80. The van der Waals surface area contributed by atoms with Gasteiger partial charge in [0.1, 0.15) is 16.7 Å². The SMILES string of the molecule is CNC(=O)C1COCCN1C(=O)c1ccc(C(N)=S)cn1. The highest BCUT2D eigenvalue weighted by atomic mass is 32.1. The maximum atomic E-state index is 12.5. The molecule has 0 aromatic carbocycles. The topological polar surface area (TPSA) is 97.5 Å². The first-order chi connectivity index (χ1) is 10.0. The molecule has 2 amide bonds. The minimum Gasteiger partial charge on any atom is -0.389 e. The Morgan fingerprint density at radius 3 is 2.86 bits per heavy atom. The molecule has 2 heterocycles. The molecule has 1 aliphatic rings. The normalized spacial score (nSPS) is 18.1. The smallest absolute Gasteiger partial charge is 0.273 e. The summed E-state index contributed by atoms with van der Waals surface area (Å²) >= 11 is 4.84. The lowest BCUT2D eigenvalue weighted by Crippen LogP contribution is -2.55. The summed E-state index contributed by atoms with van der Waals surface area (Å²) in [6.07, 6.45) is 1.45. The number of thiocarbonyl (C=S) groups is 1. The number of morpholine rings is 1. The van der Waals surface area contributed by atoms with E-state index < -0.39 is 6.04 Å². The Morgan fingerprint density at radius 2 is 2.29 bits per heavy atom. The molecular formula is C13H16N4O3S. The quantitative estimate of drug-likeness (QED) is 0.717. The van der Waals surface area contributed by atoms with Crippen molar-refractivity contribution in [1.29, 1.82) is 0 Å². The number of likely N-dealkylation sites (N-methyl/N-ethyl adjacent to an activating group) is 1. The summed E-state index contributed by atoms with van der Waals surface area (Å²) in [7, 11) is 1.52. The summed E-state index contributed by atoms with van der Waals surface area (Å²) in [6, 6.07) is 2.54. The van der Waals surface area contributed by atoms with Gasteiger partial charge in [-0.3, -0.25) is 14.6 Å². The van der Waals surface area contributed by atoms with Gasteiger partial charge in [-0.25, -0.2) is 0 Å². The van der Waals surface area contributed by atoms with Gasteiger partial charge in [-0.1, -0.05) is 12.2 Å². The minimum atomic E-state index is -0.645. The molecule has 1 unspecified atom stereocenters. The zero-order valence-electron chi connectivity index (χ0n) is 11.5. The van der Waals surface area contributed by atoms with Crippen LogP contribution in [0, 0.1) is 0 Å². The Bertz CT molecular complexity index is 561. The standard InChI is InChI=1S/C13H16N4O3S/c1-15-12(18)10-7-20-5-4-17(10)13(19)9-3-2-8(6-16-9)11(14)21/h2-3,6,10H,4-5,7H2,1H3,(H2,14,21)(H,15,18). The van der Waals surface area contributed by atoms with Crippen molar-refractivity contribution in [3.8, 4) is 0 Å². The number of hydrogen-bond acceptors (Lipinski definition) is 5. The van der Waals surface area contributed by atoms with Gasteiger partial charge in [-0.15, -0.1) is 0 Å². The second kappa shape index (κ2) is 6.59. The summed E-state index contributed by atoms with van der Waals surface area (Å²) in [6.45, 7) is 0.913. The van der Waals surface area contributed by atoms with Gasteiger partial charge in [-0.05, 0) is 12.1 Å². The van der Waals surface area contributed by atoms with Gasteiger partial charge in [-0.2, -0.15) is 0 Å². The summed E-state index contributed by atoms with van der Waals surface area (Å²) < 4.78 is 5.26. The van der Waals surface area contributed by atoms with Gasteiger partial charge < -0.3 is 20.7 Å². The van der Waals surface area contributed by atoms with Gasteiger partial charge in [0.2, 0.25) is 5.91 Å². The first-order valence-electron chi connectivity index (χ1n) is 6.40. The zero-order valence-corrected chi connectivity index (χ0v) is 12.4. The van der Waals surface area contributed by atoms with Crippen LogP contribution in [0.15, 0.2) is 18.3 Å². The lowest BCUT2D eigenvalue weighted by Gasteiger charge is -2.34. The minimum absolute atomic E-state index is 0.177. The summed E-state index contributed by atoms with van der Waals surface area (Å²) in [5.41, 5.74) is 6.32. The molecule has 2 rings (SSSR count). The van der Waals surface area contributed by atoms with E-state index in [-0.39, 0.29) is 29.1 Å². The van der Waals surface area contributed by atoms with Gasteiger partial charge >= 0.3 is 0 Å². The van der Waals surface area contributed by atoms with E-state index in [9.17, 15) is 9.59 Å². The van der Waals surface area contributed by atoms with Crippen molar-refractivity contribution in [2.24, 2.45) is 5.73 Å². The molecule has 1 fully saturated rings. The Labute approximate surface area is 127 Å².